The van der Waals surface area contributed by atoms with Gasteiger partial charge in [0.05, 0.1) is 70.0 Å². The molecule has 0 radical (unpaired) electrons. The Labute approximate surface area is 582 Å². The molecule has 11 rings (SSSR count). The summed E-state index contributed by atoms with van der Waals surface area (Å²) in [6.07, 6.45) is 6.88. The number of nitrogens with zero attached hydrogens (tertiary/aromatic N) is 12. The molecule has 0 bridgehead atoms. The number of carbonyl (C=O) groups excluding carboxylic acids is 2. The Bertz CT molecular complexity index is 4260. The Kier molecular flexibility index (Phi) is 23.6. The van der Waals surface area contributed by atoms with Gasteiger partial charge in [-0.05, 0) is 87.8 Å². The number of rotatable bonds is 33. The first-order valence-corrected chi connectivity index (χ1v) is 38.4. The van der Waals surface area contributed by atoms with Crippen LogP contribution < -0.4 is 26.7 Å². The Morgan fingerprint density at radius 1 is 0.584 bits per heavy atom. The van der Waals surface area contributed by atoms with Crippen LogP contribution in [0.25, 0.3) is 33.5 Å². The maximum Gasteiger partial charge on any atom is 0.529 e. The van der Waals surface area contributed by atoms with Crippen LogP contribution in [0.1, 0.15) is 172 Å². The summed E-state index contributed by atoms with van der Waals surface area (Å²) in [5.41, 5.74) is 22.0. The number of imidazole rings is 3. The second kappa shape index (κ2) is 31.7. The summed E-state index contributed by atoms with van der Waals surface area (Å²) in [5.74, 6) is 1.37. The largest absolute Gasteiger partial charge is 0.529 e. The first-order chi connectivity index (χ1) is 47.9. The molecule has 10 heterocycles. The fourth-order valence-electron chi connectivity index (χ4n) is 13.5. The van der Waals surface area contributed by atoms with Crippen molar-refractivity contribution in [3.8, 4) is 11.5 Å². The number of esters is 1. The van der Waals surface area contributed by atoms with Gasteiger partial charge in [0.15, 0.2) is 53.1 Å². The van der Waals surface area contributed by atoms with E-state index in [-0.39, 0.29) is 75.8 Å². The Morgan fingerprint density at radius 3 is 1.51 bits per heavy atom. The van der Waals surface area contributed by atoms with Gasteiger partial charge in [0, 0.05) is 24.8 Å². The average Bonchev–Trinajstić information content (AvgIpc) is 1.77. The quantitative estimate of drug-likeness (QED) is 0.0115. The fourth-order valence-corrected chi connectivity index (χ4v) is 16.2. The van der Waals surface area contributed by atoms with E-state index >= 15 is 0 Å². The number of phosphoric acid groups is 3. The second-order valence-corrected chi connectivity index (χ2v) is 31.6. The summed E-state index contributed by atoms with van der Waals surface area (Å²) >= 11 is 0. The lowest BCUT2D eigenvalue weighted by Crippen LogP contribution is -2.37. The first kappa shape index (κ1) is 75.4. The summed E-state index contributed by atoms with van der Waals surface area (Å²) in [6.45, 7) is 15.1. The lowest BCUT2D eigenvalue weighted by atomic mass is 9.83. The van der Waals surface area contributed by atoms with Crippen LogP contribution in [0.15, 0.2) is 38.0 Å². The topological polar surface area (TPSA) is 477 Å². The minimum Gasteiger partial charge on any atom is -0.487 e. The van der Waals surface area contributed by atoms with Gasteiger partial charge >= 0.3 is 35.4 Å². The summed E-state index contributed by atoms with van der Waals surface area (Å²) in [5, 5.41) is 11.0. The summed E-state index contributed by atoms with van der Waals surface area (Å²) < 4.78 is 109. The van der Waals surface area contributed by atoms with Crippen LogP contribution in [0, 0.1) is 38.5 Å². The molecule has 3 unspecified atom stereocenters. The zero-order valence-corrected chi connectivity index (χ0v) is 60.3. The molecular formula is C63H90N15O20P3. The number of aromatic nitrogens is 12. The highest BCUT2D eigenvalue weighted by Crippen LogP contribution is 2.54. The van der Waals surface area contributed by atoms with Crippen molar-refractivity contribution >= 4 is 86.4 Å². The van der Waals surface area contributed by atoms with Crippen LogP contribution in [0.4, 0.5) is 17.5 Å². The molecule has 10 N–H and O–H groups in total. The number of benzene rings is 1. The smallest absolute Gasteiger partial charge is 0.487 e. The Hall–Kier alpha value is -6.78. The van der Waals surface area contributed by atoms with Crippen molar-refractivity contribution in [1.82, 2.24) is 58.6 Å². The predicted molar refractivity (Wildman–Crippen MR) is 362 cm³/mol. The number of aliphatic hydroxyl groups is 1. The lowest BCUT2D eigenvalue weighted by molar-refractivity contribution is -0.141. The third-order valence-electron chi connectivity index (χ3n) is 19.1. The van der Waals surface area contributed by atoms with E-state index in [0.717, 1.165) is 79.0 Å². The fraction of sp³-hybridized carbons (Fsp3) is 0.635. The van der Waals surface area contributed by atoms with E-state index in [9.17, 15) is 43.1 Å². The highest BCUT2D eigenvalue weighted by molar-refractivity contribution is 7.48. The predicted octanol–water partition coefficient (Wildman–Crippen LogP) is 8.97. The Balaban J connectivity index is 0.673. The van der Waals surface area contributed by atoms with Crippen LogP contribution in [-0.4, -0.2) is 152 Å². The molecule has 0 aliphatic carbocycles. The number of fused-ring (bicyclic) bond motifs is 4. The van der Waals surface area contributed by atoms with Crippen LogP contribution in [-0.2, 0) is 71.1 Å². The molecule has 4 aliphatic rings. The van der Waals surface area contributed by atoms with E-state index in [1.807, 2.05) is 20.8 Å². The summed E-state index contributed by atoms with van der Waals surface area (Å²) in [7, 11) is -15.5. The van der Waals surface area contributed by atoms with Crippen molar-refractivity contribution in [2.75, 3.05) is 37.0 Å². The van der Waals surface area contributed by atoms with E-state index < -0.39 is 123 Å². The maximum absolute atomic E-state index is 14.1. The highest BCUT2D eigenvalue weighted by Gasteiger charge is 2.48. The molecule has 6 aromatic heterocycles. The maximum atomic E-state index is 14.1. The normalized spacial score (nSPS) is 25.5. The molecule has 0 saturated carbocycles. The van der Waals surface area contributed by atoms with Crippen molar-refractivity contribution in [2.45, 2.75) is 219 Å². The van der Waals surface area contributed by atoms with Gasteiger partial charge in [0.25, 0.3) is 0 Å². The standard InChI is InChI=1S/C63H90N15O20P3/c1-34(2)12-9-13-35(3)14-10-15-36(4)16-11-20-63(8)21-19-43-39(7)52(37(5)38(6)53(43)95-63)94-47(80)17-18-48(81)98-101(86,87)90-27-42-24-46(62(93-42)78-33-75-51-56(66)69-30-72-59(51)78)97-100(84,85)89-26-41-23-45(61(92-41)77-32-74-50-55(65)68-29-71-58(50)77)96-99(82,83)88-25-40-22-44(79)60(91-40)76-31-73-49-54(64)67-28-70-57(49)76/h28-36,40-42,44-46,60-62,79H,9-27H2,1-8H3,(H,82,83)(H,84,85)(H,86,87)(H2,64,67,70)(H2,65,68,71)(H2,66,69,72)/t35-,36-,40+,41+,42+,44-,45-,46-,60-,61-,62-,63-/m1/s1. The molecule has 552 valence electrons. The minimum absolute atomic E-state index is 0.00233. The molecule has 101 heavy (non-hydrogen) atoms. The van der Waals surface area contributed by atoms with Gasteiger partial charge in [0.1, 0.15) is 70.9 Å². The molecule has 4 aliphatic heterocycles. The molecule has 0 spiro atoms. The van der Waals surface area contributed by atoms with Crippen LogP contribution in [0.5, 0.6) is 11.5 Å². The zero-order valence-electron chi connectivity index (χ0n) is 57.6. The van der Waals surface area contributed by atoms with Crippen molar-refractivity contribution in [3.05, 3.63) is 60.2 Å². The molecule has 1 aromatic carbocycles. The molecule has 35 nitrogen and oxygen atoms in total. The number of hydrogen-bond donors (Lipinski definition) is 7. The molecule has 7 aromatic rings. The highest BCUT2D eigenvalue weighted by atomic mass is 31.2. The average molecular weight is 1470 g/mol. The summed E-state index contributed by atoms with van der Waals surface area (Å²) in [4.78, 5) is 97.2. The van der Waals surface area contributed by atoms with Crippen LogP contribution in [0.2, 0.25) is 0 Å². The summed E-state index contributed by atoms with van der Waals surface area (Å²) in [6, 6.07) is 0. The molecule has 3 fully saturated rings. The van der Waals surface area contributed by atoms with E-state index in [4.69, 9.17) is 68.0 Å². The number of ether oxygens (including phenoxy) is 5. The molecule has 3 saturated heterocycles. The van der Waals surface area contributed by atoms with Gasteiger partial charge < -0.3 is 60.3 Å². The van der Waals surface area contributed by atoms with E-state index in [1.165, 1.54) is 77.5 Å². The number of aliphatic hydroxyl groups excluding tert-OH is 1. The lowest BCUT2D eigenvalue weighted by Gasteiger charge is -2.38. The van der Waals surface area contributed by atoms with E-state index in [0.29, 0.717) is 17.2 Å². The third kappa shape index (κ3) is 18.2. The van der Waals surface area contributed by atoms with Gasteiger partial charge in [-0.15, -0.1) is 0 Å². The van der Waals surface area contributed by atoms with Crippen molar-refractivity contribution in [2.24, 2.45) is 17.8 Å². The van der Waals surface area contributed by atoms with E-state index in [1.54, 1.807) is 0 Å². The monoisotopic (exact) mass is 1470 g/mol. The SMILES string of the molecule is Cc1c(C)c2c(c(C)c1OC(=O)CCC(=O)OP(=O)(O)OC[C@@H]1C[C@@H](OP(=O)(O)OC[C@@H]3C[C@@H](OP(=O)(O)OC[C@@H]4C[C@@H](O)[C@H](n5cnc6c(N)ncnc65)O4)[C@H](n4cnc5c(N)ncnc54)O3)[C@H](n3cnc4c(N)ncnc43)O1)CC[C@@](C)(CCC[C@H](C)CCC[C@H](C)CCCC(C)C)O2. The molecule has 15 atom stereocenters. The van der Waals surface area contributed by atoms with Gasteiger partial charge in [-0.3, -0.25) is 50.8 Å². The Morgan fingerprint density at radius 2 is 1.02 bits per heavy atom. The van der Waals surface area contributed by atoms with Gasteiger partial charge in [-0.2, -0.15) is 0 Å². The number of hydrogen-bond acceptors (Lipinski definition) is 29. The number of nitrogen functional groups attached to an aromatic ring is 3. The number of carbonyl (C=O) groups is 2. The third-order valence-corrected chi connectivity index (χ3v) is 22.0. The van der Waals surface area contributed by atoms with Crippen molar-refractivity contribution in [1.29, 1.82) is 0 Å². The second-order valence-electron chi connectivity index (χ2n) is 27.4. The van der Waals surface area contributed by atoms with Crippen molar-refractivity contribution in [3.63, 3.8) is 0 Å². The number of nitrogens with two attached hydrogens (primary N) is 3. The van der Waals surface area contributed by atoms with Crippen LogP contribution >= 0.6 is 23.5 Å². The minimum atomic E-state index is -5.23. The van der Waals surface area contributed by atoms with E-state index in [2.05, 4.69) is 79.5 Å². The molecular weight excluding hydrogens is 1380 g/mol. The number of phosphoric ester groups is 3. The first-order valence-electron chi connectivity index (χ1n) is 33.9. The van der Waals surface area contributed by atoms with Crippen molar-refractivity contribution < 1.29 is 93.9 Å². The molecule has 38 heteroatoms. The van der Waals surface area contributed by atoms with Gasteiger partial charge in [-0.1, -0.05) is 72.6 Å². The van der Waals surface area contributed by atoms with Crippen LogP contribution in [0.3, 0.4) is 0 Å². The molecule has 0 amide bonds. The van der Waals surface area contributed by atoms with Gasteiger partial charge in [-0.25, -0.2) is 58.6 Å². The zero-order chi connectivity index (χ0) is 72.3. The van der Waals surface area contributed by atoms with Gasteiger partial charge in [0.2, 0.25) is 0 Å². The number of anilines is 3.